The highest BCUT2D eigenvalue weighted by Crippen LogP contribution is 2.28. The van der Waals surface area contributed by atoms with Gasteiger partial charge in [-0.3, -0.25) is 0 Å². The van der Waals surface area contributed by atoms with E-state index < -0.39 is 21.9 Å². The molecule has 0 saturated heterocycles. The average molecular weight is 626 g/mol. The lowest BCUT2D eigenvalue weighted by Crippen LogP contribution is -2.23. The molecule has 4 aromatic rings. The van der Waals surface area contributed by atoms with E-state index in [2.05, 4.69) is 10.3 Å². The Labute approximate surface area is 249 Å². The number of aliphatic hydroxyl groups is 1. The van der Waals surface area contributed by atoms with Crippen LogP contribution in [0.25, 0.3) is 0 Å². The number of carboxylic acids is 1. The summed E-state index contributed by atoms with van der Waals surface area (Å²) in [5.41, 5.74) is 1.53. The van der Waals surface area contributed by atoms with Gasteiger partial charge in [0.1, 0.15) is 11.3 Å². The molecule has 0 aliphatic carbocycles. The van der Waals surface area contributed by atoms with Crippen LogP contribution in [0.15, 0.2) is 101 Å². The van der Waals surface area contributed by atoms with Crippen LogP contribution in [0.4, 0.5) is 0 Å². The van der Waals surface area contributed by atoms with E-state index in [4.69, 9.17) is 16.3 Å². The van der Waals surface area contributed by atoms with Crippen LogP contribution in [0.3, 0.4) is 0 Å². The monoisotopic (exact) mass is 624 g/mol. The molecule has 3 N–H and O–H groups in total. The smallest absolute Gasteiger partial charge is 0.341 e. The number of rotatable bonds is 11. The SMILES string of the molecule is Cl.Cl.O=C(O)c1cccnc1Oc1cccc(S(=O)(=O)c2ccc(CCNC[C@@H](O)c3cccc(Cl)c3)cc2)c1. The van der Waals surface area contributed by atoms with Gasteiger partial charge in [0.2, 0.25) is 15.7 Å². The summed E-state index contributed by atoms with van der Waals surface area (Å²) in [6.45, 7) is 0.951. The molecule has 0 bridgehead atoms. The summed E-state index contributed by atoms with van der Waals surface area (Å²) in [6.07, 6.45) is 1.34. The second-order valence-corrected chi connectivity index (χ2v) is 10.8. The van der Waals surface area contributed by atoms with Crippen LogP contribution in [-0.2, 0) is 16.3 Å². The van der Waals surface area contributed by atoms with E-state index in [1.54, 1.807) is 42.5 Å². The van der Waals surface area contributed by atoms with Crippen molar-refractivity contribution in [2.45, 2.75) is 22.3 Å². The zero-order valence-corrected chi connectivity index (χ0v) is 24.1. The summed E-state index contributed by atoms with van der Waals surface area (Å²) in [6, 6.07) is 22.3. The van der Waals surface area contributed by atoms with Crippen molar-refractivity contribution in [1.82, 2.24) is 10.3 Å². The van der Waals surface area contributed by atoms with Gasteiger partial charge in [0, 0.05) is 17.8 Å². The molecule has 1 atom stereocenters. The number of halogens is 3. The van der Waals surface area contributed by atoms with E-state index >= 15 is 0 Å². The molecule has 0 spiro atoms. The zero-order chi connectivity index (χ0) is 27.1. The van der Waals surface area contributed by atoms with E-state index in [9.17, 15) is 23.4 Å². The molecule has 4 rings (SSSR count). The van der Waals surface area contributed by atoms with E-state index in [-0.39, 0.29) is 51.8 Å². The van der Waals surface area contributed by atoms with Crippen molar-refractivity contribution in [3.63, 3.8) is 0 Å². The van der Waals surface area contributed by atoms with Crippen molar-refractivity contribution in [2.75, 3.05) is 13.1 Å². The van der Waals surface area contributed by atoms with Crippen molar-refractivity contribution in [1.29, 1.82) is 0 Å². The number of aromatic nitrogens is 1. The summed E-state index contributed by atoms with van der Waals surface area (Å²) >= 11 is 5.97. The topological polar surface area (TPSA) is 126 Å². The van der Waals surface area contributed by atoms with Crippen LogP contribution >= 0.6 is 36.4 Å². The van der Waals surface area contributed by atoms with E-state index in [0.717, 1.165) is 11.1 Å². The number of nitrogens with zero attached hydrogens (tertiary/aromatic N) is 1. The first-order valence-corrected chi connectivity index (χ1v) is 13.5. The fourth-order valence-electron chi connectivity index (χ4n) is 3.73. The Kier molecular flexibility index (Phi) is 12.4. The molecule has 1 heterocycles. The van der Waals surface area contributed by atoms with Crippen LogP contribution in [0.1, 0.15) is 27.6 Å². The van der Waals surface area contributed by atoms with Gasteiger partial charge in [0.25, 0.3) is 0 Å². The molecule has 0 radical (unpaired) electrons. The summed E-state index contributed by atoms with van der Waals surface area (Å²) in [5.74, 6) is -1.19. The normalized spacial score (nSPS) is 11.6. The number of hydrogen-bond donors (Lipinski definition) is 3. The van der Waals surface area contributed by atoms with Crippen LogP contribution in [0.2, 0.25) is 5.02 Å². The molecule has 8 nitrogen and oxygen atoms in total. The fraction of sp³-hybridized carbons (Fsp3) is 0.143. The van der Waals surface area contributed by atoms with Crippen LogP contribution < -0.4 is 10.1 Å². The van der Waals surface area contributed by atoms with Gasteiger partial charge in [-0.1, -0.05) is 41.9 Å². The molecule has 3 aromatic carbocycles. The van der Waals surface area contributed by atoms with Crippen molar-refractivity contribution in [3.05, 3.63) is 113 Å². The van der Waals surface area contributed by atoms with E-state index in [1.165, 1.54) is 42.6 Å². The third-order valence-corrected chi connectivity index (χ3v) is 7.73. The molecule has 0 saturated carbocycles. The number of aromatic carboxylic acids is 1. The molecule has 0 aliphatic rings. The minimum absolute atomic E-state index is 0. The van der Waals surface area contributed by atoms with E-state index in [1.807, 2.05) is 6.07 Å². The van der Waals surface area contributed by atoms with E-state index in [0.29, 0.717) is 24.5 Å². The second kappa shape index (κ2) is 15.0. The number of aliphatic hydroxyl groups excluding tert-OH is 1. The Morgan fingerprint density at radius 3 is 2.38 bits per heavy atom. The Bertz CT molecular complexity index is 1540. The van der Waals surface area contributed by atoms with Gasteiger partial charge in [0.15, 0.2) is 0 Å². The molecule has 1 aromatic heterocycles. The van der Waals surface area contributed by atoms with Crippen molar-refractivity contribution >= 4 is 52.2 Å². The van der Waals surface area contributed by atoms with Crippen LogP contribution in [-0.4, -0.2) is 42.7 Å². The maximum absolute atomic E-state index is 13.2. The number of carbonyl (C=O) groups is 1. The predicted molar refractivity (Wildman–Crippen MR) is 157 cm³/mol. The van der Waals surface area contributed by atoms with Crippen LogP contribution in [0, 0.1) is 0 Å². The van der Waals surface area contributed by atoms with Crippen molar-refractivity contribution in [3.8, 4) is 11.6 Å². The minimum atomic E-state index is -3.84. The number of hydrogen-bond acceptors (Lipinski definition) is 7. The first-order chi connectivity index (χ1) is 18.2. The number of pyridine rings is 1. The number of nitrogens with one attached hydrogen (secondary N) is 1. The van der Waals surface area contributed by atoms with Crippen molar-refractivity contribution < 1.29 is 28.2 Å². The quantitative estimate of drug-likeness (QED) is 0.180. The third kappa shape index (κ3) is 8.41. The molecular formula is C28H27Cl3N2O6S. The Balaban J connectivity index is 0.00000280. The Hall–Kier alpha value is -3.18. The second-order valence-electron chi connectivity index (χ2n) is 8.41. The minimum Gasteiger partial charge on any atom is -0.477 e. The first-order valence-electron chi connectivity index (χ1n) is 11.7. The average Bonchev–Trinajstić information content (AvgIpc) is 2.91. The Morgan fingerprint density at radius 2 is 1.68 bits per heavy atom. The Morgan fingerprint density at radius 1 is 0.950 bits per heavy atom. The number of carboxylic acid groups (broad SMARTS) is 1. The zero-order valence-electron chi connectivity index (χ0n) is 20.9. The third-order valence-electron chi connectivity index (χ3n) is 5.73. The van der Waals surface area contributed by atoms with Gasteiger partial charge in [-0.05, 0) is 78.7 Å². The predicted octanol–water partition coefficient (Wildman–Crippen LogP) is 5.77. The molecule has 0 fully saturated rings. The van der Waals surface area contributed by atoms with Crippen molar-refractivity contribution in [2.24, 2.45) is 0 Å². The highest BCUT2D eigenvalue weighted by atomic mass is 35.5. The molecular weight excluding hydrogens is 599 g/mol. The maximum Gasteiger partial charge on any atom is 0.341 e. The first kappa shape index (κ1) is 33.0. The molecule has 0 amide bonds. The molecule has 0 unspecified atom stereocenters. The lowest BCUT2D eigenvalue weighted by atomic mass is 10.1. The van der Waals surface area contributed by atoms with Gasteiger partial charge in [0.05, 0.1) is 15.9 Å². The highest BCUT2D eigenvalue weighted by molar-refractivity contribution is 7.91. The summed E-state index contributed by atoms with van der Waals surface area (Å²) < 4.78 is 32.0. The number of benzene rings is 3. The van der Waals surface area contributed by atoms with Gasteiger partial charge in [-0.25, -0.2) is 18.2 Å². The summed E-state index contributed by atoms with van der Waals surface area (Å²) in [5, 5.41) is 23.4. The van der Waals surface area contributed by atoms with Gasteiger partial charge >= 0.3 is 5.97 Å². The molecule has 12 heteroatoms. The van der Waals surface area contributed by atoms with Gasteiger partial charge < -0.3 is 20.3 Å². The van der Waals surface area contributed by atoms with Gasteiger partial charge in [-0.2, -0.15) is 0 Å². The standard InChI is InChI=1S/C28H25ClN2O6S.2ClH/c29-21-5-1-4-20(16-21)26(32)18-30-15-13-19-9-11-23(12-10-19)38(35,36)24-7-2-6-22(17-24)37-27-25(28(33)34)8-3-14-31-27;;/h1-12,14,16-17,26,30,32H,13,15,18H2,(H,33,34);2*1H/t26-;;/m1../s1. The maximum atomic E-state index is 13.2. The summed E-state index contributed by atoms with van der Waals surface area (Å²) in [4.78, 5) is 15.5. The lowest BCUT2D eigenvalue weighted by Gasteiger charge is -2.13. The summed E-state index contributed by atoms with van der Waals surface area (Å²) in [7, 11) is -3.84. The van der Waals surface area contributed by atoms with Gasteiger partial charge in [-0.15, -0.1) is 24.8 Å². The highest BCUT2D eigenvalue weighted by Gasteiger charge is 2.19. The largest absolute Gasteiger partial charge is 0.477 e. The molecule has 212 valence electrons. The van der Waals surface area contributed by atoms with Crippen LogP contribution in [0.5, 0.6) is 11.6 Å². The number of sulfone groups is 1. The lowest BCUT2D eigenvalue weighted by molar-refractivity contribution is 0.0693. The number of ether oxygens (including phenoxy) is 1. The molecule has 0 aliphatic heterocycles. The molecule has 40 heavy (non-hydrogen) atoms. The fourth-order valence-corrected chi connectivity index (χ4v) is 5.22.